The van der Waals surface area contributed by atoms with Gasteiger partial charge in [0.1, 0.15) is 5.82 Å². The molecule has 0 spiro atoms. The maximum atomic E-state index is 14.5. The van der Waals surface area contributed by atoms with Gasteiger partial charge in [-0.2, -0.15) is 0 Å². The molecule has 7 nitrogen and oxygen atoms in total. The zero-order chi connectivity index (χ0) is 28.1. The third-order valence-corrected chi connectivity index (χ3v) is 4.92. The second kappa shape index (κ2) is 20.6. The SMILES string of the molecule is CC.CCOC(=O)N(C)c1ccc(-c2ccc(CNSCC)cc2)c(F)c1.COC(C)(C)C.NC=O. The van der Waals surface area contributed by atoms with Crippen LogP contribution in [-0.4, -0.2) is 44.6 Å². The minimum Gasteiger partial charge on any atom is -0.449 e. The fourth-order valence-corrected chi connectivity index (χ4v) is 2.78. The minimum atomic E-state index is -0.503. The van der Waals surface area contributed by atoms with E-state index in [0.717, 1.165) is 23.4 Å². The smallest absolute Gasteiger partial charge is 0.413 e. The highest BCUT2D eigenvalue weighted by Gasteiger charge is 2.14. The highest BCUT2D eigenvalue weighted by Crippen LogP contribution is 2.27. The molecule has 3 N–H and O–H groups in total. The lowest BCUT2D eigenvalue weighted by molar-refractivity contribution is -0.106. The highest BCUT2D eigenvalue weighted by atomic mass is 32.2. The molecule has 0 unspecified atom stereocenters. The van der Waals surface area contributed by atoms with Crippen LogP contribution >= 0.6 is 11.9 Å². The molecule has 0 saturated heterocycles. The predicted molar refractivity (Wildman–Crippen MR) is 151 cm³/mol. The van der Waals surface area contributed by atoms with Crippen molar-refractivity contribution < 1.29 is 23.5 Å². The van der Waals surface area contributed by atoms with Crippen LogP contribution in [0.1, 0.15) is 54.0 Å². The summed E-state index contributed by atoms with van der Waals surface area (Å²) in [6, 6.07) is 12.5. The van der Waals surface area contributed by atoms with Gasteiger partial charge in [0.15, 0.2) is 0 Å². The Labute approximate surface area is 221 Å². The van der Waals surface area contributed by atoms with Crippen LogP contribution in [0, 0.1) is 5.82 Å². The number of carbonyl (C=O) groups excluding carboxylic acids is 2. The maximum Gasteiger partial charge on any atom is 0.413 e. The van der Waals surface area contributed by atoms with Gasteiger partial charge < -0.3 is 15.2 Å². The van der Waals surface area contributed by atoms with Gasteiger partial charge in [-0.1, -0.05) is 57.0 Å². The predicted octanol–water partition coefficient (Wildman–Crippen LogP) is 6.40. The number of rotatable bonds is 7. The first kappa shape index (κ1) is 35.5. The van der Waals surface area contributed by atoms with E-state index in [1.54, 1.807) is 45.2 Å². The van der Waals surface area contributed by atoms with Crippen molar-refractivity contribution in [2.45, 2.75) is 60.6 Å². The number of benzene rings is 2. The molecule has 36 heavy (non-hydrogen) atoms. The molecule has 0 aliphatic carbocycles. The van der Waals surface area contributed by atoms with E-state index >= 15 is 0 Å². The molecule has 0 saturated carbocycles. The summed E-state index contributed by atoms with van der Waals surface area (Å²) in [5, 5.41) is 0. The first-order valence-electron chi connectivity index (χ1n) is 11.9. The van der Waals surface area contributed by atoms with Crippen LogP contribution in [0.2, 0.25) is 0 Å². The Bertz CT molecular complexity index is 859. The molecule has 0 atom stereocenters. The van der Waals surface area contributed by atoms with Crippen LogP contribution in [0.4, 0.5) is 14.9 Å². The van der Waals surface area contributed by atoms with Crippen molar-refractivity contribution in [1.29, 1.82) is 0 Å². The number of amides is 2. The maximum absolute atomic E-state index is 14.5. The Morgan fingerprint density at radius 2 is 1.67 bits per heavy atom. The van der Waals surface area contributed by atoms with Gasteiger partial charge in [-0.05, 0) is 57.0 Å². The van der Waals surface area contributed by atoms with Crippen molar-refractivity contribution in [3.05, 3.63) is 53.8 Å². The summed E-state index contributed by atoms with van der Waals surface area (Å²) in [7, 11) is 3.27. The van der Waals surface area contributed by atoms with E-state index in [2.05, 4.69) is 17.4 Å². The number of hydrogen-bond donors (Lipinski definition) is 2. The summed E-state index contributed by atoms with van der Waals surface area (Å²) < 4.78 is 27.6. The number of halogens is 1. The number of hydrogen-bond acceptors (Lipinski definition) is 6. The summed E-state index contributed by atoms with van der Waals surface area (Å²) in [4.78, 5) is 21.6. The second-order valence-corrected chi connectivity index (χ2v) is 8.98. The Morgan fingerprint density at radius 3 is 2.08 bits per heavy atom. The second-order valence-electron chi connectivity index (χ2n) is 7.83. The van der Waals surface area contributed by atoms with Crippen molar-refractivity contribution in [2.24, 2.45) is 5.73 Å². The number of nitrogens with two attached hydrogens (primary N) is 1. The Balaban J connectivity index is 0. The lowest BCUT2D eigenvalue weighted by Crippen LogP contribution is -2.27. The first-order chi connectivity index (χ1) is 17.0. The highest BCUT2D eigenvalue weighted by molar-refractivity contribution is 7.97. The fourth-order valence-electron chi connectivity index (χ4n) is 2.31. The lowest BCUT2D eigenvalue weighted by atomic mass is 10.0. The van der Waals surface area contributed by atoms with Crippen LogP contribution in [0.25, 0.3) is 11.1 Å². The molecule has 0 heterocycles. The van der Waals surface area contributed by atoms with Crippen molar-refractivity contribution in [3.8, 4) is 11.1 Å². The minimum absolute atomic E-state index is 0.0417. The molecule has 2 amide bonds. The average Bonchev–Trinajstić information content (AvgIpc) is 2.86. The van der Waals surface area contributed by atoms with Crippen molar-refractivity contribution in [2.75, 3.05) is 31.4 Å². The zero-order valence-corrected chi connectivity index (χ0v) is 24.0. The molecule has 0 bridgehead atoms. The van der Waals surface area contributed by atoms with Crippen LogP contribution in [-0.2, 0) is 20.8 Å². The molecule has 0 aliphatic heterocycles. The molecule has 0 radical (unpaired) electrons. The van der Waals surface area contributed by atoms with Crippen molar-refractivity contribution in [3.63, 3.8) is 0 Å². The van der Waals surface area contributed by atoms with Crippen LogP contribution < -0.4 is 15.4 Å². The summed E-state index contributed by atoms with van der Waals surface area (Å²) in [6.07, 6.45) is -0.253. The fraction of sp³-hybridized carbons (Fsp3) is 0.481. The van der Waals surface area contributed by atoms with E-state index in [9.17, 15) is 9.18 Å². The monoisotopic (exact) mass is 525 g/mol. The van der Waals surface area contributed by atoms with Gasteiger partial charge in [0.2, 0.25) is 6.41 Å². The van der Waals surface area contributed by atoms with Gasteiger partial charge in [-0.15, -0.1) is 0 Å². The number of carbonyl (C=O) groups is 2. The molecular weight excluding hydrogens is 481 g/mol. The van der Waals surface area contributed by atoms with Gasteiger partial charge in [0.25, 0.3) is 0 Å². The van der Waals surface area contributed by atoms with Crippen LogP contribution in [0.3, 0.4) is 0 Å². The van der Waals surface area contributed by atoms with E-state index < -0.39 is 6.09 Å². The topological polar surface area (TPSA) is 93.9 Å². The molecule has 2 aromatic rings. The summed E-state index contributed by atoms with van der Waals surface area (Å²) in [5.41, 5.74) is 7.11. The quantitative estimate of drug-likeness (QED) is 0.247. The number of primary amides is 1. The number of ether oxygens (including phenoxy) is 2. The number of nitrogens with one attached hydrogen (secondary N) is 1. The first-order valence-corrected chi connectivity index (χ1v) is 12.9. The van der Waals surface area contributed by atoms with Crippen molar-refractivity contribution in [1.82, 2.24) is 4.72 Å². The van der Waals surface area contributed by atoms with Gasteiger partial charge in [0.05, 0.1) is 12.2 Å². The molecule has 204 valence electrons. The molecule has 2 rings (SSSR count). The van der Waals surface area contributed by atoms with Crippen LogP contribution in [0.5, 0.6) is 0 Å². The van der Waals surface area contributed by atoms with E-state index in [1.165, 1.54) is 11.0 Å². The van der Waals surface area contributed by atoms with Crippen LogP contribution in [0.15, 0.2) is 42.5 Å². The van der Waals surface area contributed by atoms with E-state index in [0.29, 0.717) is 11.3 Å². The van der Waals surface area contributed by atoms with E-state index in [4.69, 9.17) is 14.3 Å². The number of nitrogens with zero attached hydrogens (tertiary/aromatic N) is 1. The number of methoxy groups -OCH3 is 1. The summed E-state index contributed by atoms with van der Waals surface area (Å²) >= 11 is 1.66. The molecule has 0 aromatic heterocycles. The molecule has 0 fully saturated rings. The van der Waals surface area contributed by atoms with Gasteiger partial charge in [-0.3, -0.25) is 14.4 Å². The lowest BCUT2D eigenvalue weighted by Gasteiger charge is -2.17. The third kappa shape index (κ3) is 15.4. The standard InChI is InChI=1S/C19H23FN2O2S.C5H12O.C2H6.CH3NO/c1-4-24-19(23)22(3)16-10-11-17(18(20)12-16)15-8-6-14(7-9-15)13-21-25-5-2;1-5(2,3)6-4;1-2;2-1-3/h6-12,21H,4-5,13H2,1-3H3;1-4H3;1-2H3;1H,(H2,2,3). The zero-order valence-electron chi connectivity index (χ0n) is 23.2. The molecule has 0 aliphatic rings. The van der Waals surface area contributed by atoms with Gasteiger partial charge >= 0.3 is 6.09 Å². The van der Waals surface area contributed by atoms with Gasteiger partial charge in [-0.25, -0.2) is 9.18 Å². The van der Waals surface area contributed by atoms with Crippen molar-refractivity contribution >= 4 is 30.1 Å². The Morgan fingerprint density at radius 1 is 1.14 bits per heavy atom. The molecule has 2 aromatic carbocycles. The van der Waals surface area contributed by atoms with E-state index in [-0.39, 0.29) is 24.4 Å². The third-order valence-electron chi connectivity index (χ3n) is 4.28. The largest absolute Gasteiger partial charge is 0.449 e. The number of anilines is 1. The molecular formula is C27H44FN3O4S. The van der Waals surface area contributed by atoms with E-state index in [1.807, 2.05) is 58.9 Å². The van der Waals surface area contributed by atoms with Gasteiger partial charge in [0, 0.05) is 37.7 Å². The summed E-state index contributed by atoms with van der Waals surface area (Å²) in [5.74, 6) is 0.636. The average molecular weight is 526 g/mol. The summed E-state index contributed by atoms with van der Waals surface area (Å²) in [6.45, 7) is 14.9. The Kier molecular flexibility index (Phi) is 20.3. The molecule has 9 heteroatoms. The Hall–Kier alpha value is -2.62. The normalized spacial score (nSPS) is 9.83.